The van der Waals surface area contributed by atoms with Crippen molar-refractivity contribution in [2.75, 3.05) is 33.2 Å². The zero-order chi connectivity index (χ0) is 18.1. The third kappa shape index (κ3) is 6.25. The second kappa shape index (κ2) is 11.4. The number of halogens is 1. The van der Waals surface area contributed by atoms with Gasteiger partial charge < -0.3 is 24.8 Å². The van der Waals surface area contributed by atoms with Crippen LogP contribution < -0.4 is 24.8 Å². The number of rotatable bonds is 7. The number of nitrogens with one attached hydrogen (secondary N) is 2. The molecule has 0 aliphatic carbocycles. The van der Waals surface area contributed by atoms with Crippen LogP contribution in [0.5, 0.6) is 17.4 Å². The van der Waals surface area contributed by atoms with E-state index in [0.29, 0.717) is 36.5 Å². The zero-order valence-electron chi connectivity index (χ0n) is 15.4. The van der Waals surface area contributed by atoms with Gasteiger partial charge in [-0.15, -0.1) is 24.0 Å². The van der Waals surface area contributed by atoms with Crippen LogP contribution in [0.15, 0.2) is 41.5 Å². The van der Waals surface area contributed by atoms with E-state index in [1.54, 1.807) is 27.5 Å². The van der Waals surface area contributed by atoms with E-state index < -0.39 is 0 Å². The van der Waals surface area contributed by atoms with Gasteiger partial charge in [-0.3, -0.25) is 4.99 Å². The highest BCUT2D eigenvalue weighted by atomic mass is 127. The van der Waals surface area contributed by atoms with Crippen molar-refractivity contribution in [2.45, 2.75) is 13.5 Å². The number of aliphatic imine (C=N–C) groups is 1. The van der Waals surface area contributed by atoms with Crippen LogP contribution in [0.25, 0.3) is 0 Å². The maximum absolute atomic E-state index is 5.52. The molecule has 1 aromatic heterocycles. The number of anilines is 1. The third-order valence-corrected chi connectivity index (χ3v) is 3.42. The lowest BCUT2D eigenvalue weighted by Crippen LogP contribution is -2.30. The molecule has 1 aromatic carbocycles. The van der Waals surface area contributed by atoms with E-state index in [9.17, 15) is 0 Å². The summed E-state index contributed by atoms with van der Waals surface area (Å²) in [5.74, 6) is 2.60. The molecule has 26 heavy (non-hydrogen) atoms. The van der Waals surface area contributed by atoms with Gasteiger partial charge in [-0.2, -0.15) is 0 Å². The summed E-state index contributed by atoms with van der Waals surface area (Å²) >= 11 is 0. The van der Waals surface area contributed by atoms with Gasteiger partial charge in [0, 0.05) is 37.6 Å². The van der Waals surface area contributed by atoms with E-state index in [4.69, 9.17) is 14.2 Å². The number of ether oxygens (including phenoxy) is 3. The van der Waals surface area contributed by atoms with Crippen LogP contribution in [0.4, 0.5) is 5.69 Å². The van der Waals surface area contributed by atoms with Crippen molar-refractivity contribution in [3.63, 3.8) is 0 Å². The molecule has 0 amide bonds. The SMILES string of the molecule is CCOc1ccc(NC(=NC)NCc2ccnc(OC)c2)cc1OC.I. The topological polar surface area (TPSA) is 77.0 Å². The average molecular weight is 472 g/mol. The Balaban J connectivity index is 0.00000338. The van der Waals surface area contributed by atoms with Gasteiger partial charge in [0.25, 0.3) is 0 Å². The number of methoxy groups -OCH3 is 2. The van der Waals surface area contributed by atoms with Crippen molar-refractivity contribution in [3.05, 3.63) is 42.1 Å². The second-order valence-corrected chi connectivity index (χ2v) is 5.06. The Morgan fingerprint density at radius 3 is 2.58 bits per heavy atom. The summed E-state index contributed by atoms with van der Waals surface area (Å²) in [4.78, 5) is 8.32. The number of nitrogens with zero attached hydrogens (tertiary/aromatic N) is 2. The van der Waals surface area contributed by atoms with Crippen LogP contribution >= 0.6 is 24.0 Å². The van der Waals surface area contributed by atoms with Gasteiger partial charge in [0.2, 0.25) is 5.88 Å². The Hall–Kier alpha value is -2.23. The Morgan fingerprint density at radius 1 is 1.12 bits per heavy atom. The zero-order valence-corrected chi connectivity index (χ0v) is 17.7. The molecule has 2 aromatic rings. The molecule has 0 unspecified atom stereocenters. The number of hydrogen-bond acceptors (Lipinski definition) is 5. The first-order valence-corrected chi connectivity index (χ1v) is 7.97. The smallest absolute Gasteiger partial charge is 0.213 e. The summed E-state index contributed by atoms with van der Waals surface area (Å²) in [6.07, 6.45) is 1.71. The molecule has 2 rings (SSSR count). The first-order valence-electron chi connectivity index (χ1n) is 7.97. The van der Waals surface area contributed by atoms with E-state index in [-0.39, 0.29) is 24.0 Å². The first kappa shape index (κ1) is 21.8. The summed E-state index contributed by atoms with van der Waals surface area (Å²) in [7, 11) is 4.93. The first-order chi connectivity index (χ1) is 12.2. The second-order valence-electron chi connectivity index (χ2n) is 5.06. The lowest BCUT2D eigenvalue weighted by Gasteiger charge is -2.14. The van der Waals surface area contributed by atoms with Gasteiger partial charge in [0.1, 0.15) is 0 Å². The minimum atomic E-state index is 0. The van der Waals surface area contributed by atoms with Gasteiger partial charge in [-0.1, -0.05) is 0 Å². The largest absolute Gasteiger partial charge is 0.493 e. The molecule has 8 heteroatoms. The van der Waals surface area contributed by atoms with Crippen molar-refractivity contribution in [1.82, 2.24) is 10.3 Å². The highest BCUT2D eigenvalue weighted by molar-refractivity contribution is 14.0. The summed E-state index contributed by atoms with van der Waals surface area (Å²) in [5, 5.41) is 6.47. The maximum Gasteiger partial charge on any atom is 0.213 e. The van der Waals surface area contributed by atoms with E-state index in [1.807, 2.05) is 37.3 Å². The predicted molar refractivity (Wildman–Crippen MR) is 114 cm³/mol. The maximum atomic E-state index is 5.52. The fourth-order valence-corrected chi connectivity index (χ4v) is 2.19. The van der Waals surface area contributed by atoms with Crippen LogP contribution in [0.1, 0.15) is 12.5 Å². The monoisotopic (exact) mass is 472 g/mol. The van der Waals surface area contributed by atoms with E-state index in [1.165, 1.54) is 0 Å². The molecule has 0 aliphatic rings. The molecule has 1 heterocycles. The summed E-state index contributed by atoms with van der Waals surface area (Å²) < 4.78 is 16.0. The molecule has 0 aliphatic heterocycles. The Morgan fingerprint density at radius 2 is 1.92 bits per heavy atom. The van der Waals surface area contributed by atoms with Crippen LogP contribution in [0.2, 0.25) is 0 Å². The normalized spacial score (nSPS) is 10.5. The Labute approximate surface area is 171 Å². The van der Waals surface area contributed by atoms with Crippen LogP contribution in [0.3, 0.4) is 0 Å². The summed E-state index contributed by atoms with van der Waals surface area (Å²) in [6.45, 7) is 3.11. The van der Waals surface area contributed by atoms with Gasteiger partial charge >= 0.3 is 0 Å². The lowest BCUT2D eigenvalue weighted by molar-refractivity contribution is 0.311. The summed E-state index contributed by atoms with van der Waals surface area (Å²) in [5.41, 5.74) is 1.89. The van der Waals surface area contributed by atoms with Crippen molar-refractivity contribution >= 4 is 35.6 Å². The number of pyridine rings is 1. The minimum absolute atomic E-state index is 0. The predicted octanol–water partition coefficient (Wildman–Crippen LogP) is 3.30. The van der Waals surface area contributed by atoms with Crippen LogP contribution in [-0.2, 0) is 6.54 Å². The fraction of sp³-hybridized carbons (Fsp3) is 0.333. The molecule has 7 nitrogen and oxygen atoms in total. The molecular formula is C18H25IN4O3. The fourth-order valence-electron chi connectivity index (χ4n) is 2.19. The van der Waals surface area contributed by atoms with Crippen molar-refractivity contribution in [2.24, 2.45) is 4.99 Å². The van der Waals surface area contributed by atoms with Crippen LogP contribution in [-0.4, -0.2) is 38.8 Å². The molecule has 142 valence electrons. The van der Waals surface area contributed by atoms with Crippen LogP contribution in [0, 0.1) is 0 Å². The Bertz CT molecular complexity index is 725. The molecule has 0 saturated heterocycles. The van der Waals surface area contributed by atoms with Gasteiger partial charge in [-0.05, 0) is 30.7 Å². The molecule has 2 N–H and O–H groups in total. The van der Waals surface area contributed by atoms with Crippen molar-refractivity contribution in [3.8, 4) is 17.4 Å². The standard InChI is InChI=1S/C18H24N4O3.HI/c1-5-25-15-7-6-14(11-16(15)23-3)22-18(19-2)21-12-13-8-9-20-17(10-13)24-4;/h6-11H,5,12H2,1-4H3,(H2,19,21,22);1H. The number of aromatic nitrogens is 1. The lowest BCUT2D eigenvalue weighted by atomic mass is 10.2. The molecule has 0 saturated carbocycles. The van der Waals surface area contributed by atoms with E-state index >= 15 is 0 Å². The molecule has 0 spiro atoms. The number of hydrogen-bond donors (Lipinski definition) is 2. The quantitative estimate of drug-likeness (QED) is 0.366. The number of guanidine groups is 1. The highest BCUT2D eigenvalue weighted by Gasteiger charge is 2.07. The highest BCUT2D eigenvalue weighted by Crippen LogP contribution is 2.30. The van der Waals surface area contributed by atoms with Crippen molar-refractivity contribution in [1.29, 1.82) is 0 Å². The molecular weight excluding hydrogens is 447 g/mol. The minimum Gasteiger partial charge on any atom is -0.493 e. The summed E-state index contributed by atoms with van der Waals surface area (Å²) in [6, 6.07) is 9.44. The molecule has 0 atom stereocenters. The van der Waals surface area contributed by atoms with E-state index in [0.717, 1.165) is 11.3 Å². The Kier molecular flexibility index (Phi) is 9.56. The number of benzene rings is 1. The third-order valence-electron chi connectivity index (χ3n) is 3.42. The van der Waals surface area contributed by atoms with Gasteiger partial charge in [0.05, 0.1) is 20.8 Å². The molecule has 0 radical (unpaired) electrons. The molecule has 0 fully saturated rings. The van der Waals surface area contributed by atoms with Crippen molar-refractivity contribution < 1.29 is 14.2 Å². The van der Waals surface area contributed by atoms with Gasteiger partial charge in [0.15, 0.2) is 17.5 Å². The van der Waals surface area contributed by atoms with E-state index in [2.05, 4.69) is 20.6 Å². The average Bonchev–Trinajstić information content (AvgIpc) is 2.66. The molecule has 0 bridgehead atoms. The van der Waals surface area contributed by atoms with Gasteiger partial charge in [-0.25, -0.2) is 4.98 Å².